The summed E-state index contributed by atoms with van der Waals surface area (Å²) in [6, 6.07) is 12.3. The molecule has 2 fully saturated rings. The quantitative estimate of drug-likeness (QED) is 0.568. The Morgan fingerprint density at radius 3 is 2.59 bits per heavy atom. The molecule has 7 heteroatoms. The monoisotopic (exact) mass is 470 g/mol. The second-order valence-electron chi connectivity index (χ2n) is 9.91. The Morgan fingerprint density at radius 2 is 1.94 bits per heavy atom. The third kappa shape index (κ3) is 5.04. The van der Waals surface area contributed by atoms with E-state index in [0.29, 0.717) is 11.5 Å². The van der Waals surface area contributed by atoms with E-state index in [1.54, 1.807) is 7.11 Å². The van der Waals surface area contributed by atoms with Crippen LogP contribution in [0.15, 0.2) is 36.4 Å². The summed E-state index contributed by atoms with van der Waals surface area (Å²) in [5.41, 5.74) is 4.63. The normalized spacial score (nSPS) is 21.9. The number of halogens is 2. The first-order valence-electron chi connectivity index (χ1n) is 12.1. The molecule has 2 aromatic carbocycles. The van der Waals surface area contributed by atoms with Gasteiger partial charge >= 0.3 is 0 Å². The standard InChI is InChI=1S/C27H32F2N2O3/c1-17(30-26(32)20-7-8-20)19-5-3-18(4-6-19)14-31-12-11-23-21(15-31)9-10-24(25(23)33-2)34-16-22-13-27(22,28)29/h3-6,9-10,17,20,22H,7-8,11-16H2,1-2H3,(H,30,32)/t17-,22?/m0/s1. The zero-order chi connectivity index (χ0) is 23.9. The largest absolute Gasteiger partial charge is 0.493 e. The van der Waals surface area contributed by atoms with Crippen LogP contribution < -0.4 is 14.8 Å². The highest BCUT2D eigenvalue weighted by atomic mass is 19.3. The number of hydrogen-bond acceptors (Lipinski definition) is 4. The summed E-state index contributed by atoms with van der Waals surface area (Å²) in [6.45, 7) is 4.55. The Morgan fingerprint density at radius 1 is 1.21 bits per heavy atom. The molecule has 1 unspecified atom stereocenters. The lowest BCUT2D eigenvalue weighted by molar-refractivity contribution is -0.122. The van der Waals surface area contributed by atoms with Gasteiger partial charge in [-0.25, -0.2) is 8.78 Å². The number of rotatable bonds is 9. The lowest BCUT2D eigenvalue weighted by Crippen LogP contribution is -2.30. The van der Waals surface area contributed by atoms with E-state index in [1.807, 2.05) is 19.1 Å². The zero-order valence-corrected chi connectivity index (χ0v) is 19.8. The van der Waals surface area contributed by atoms with Crippen molar-refractivity contribution >= 4 is 5.91 Å². The lowest BCUT2D eigenvalue weighted by Gasteiger charge is -2.30. The Kier molecular flexibility index (Phi) is 6.23. The Hall–Kier alpha value is -2.67. The fourth-order valence-corrected chi connectivity index (χ4v) is 4.70. The van der Waals surface area contributed by atoms with E-state index in [0.717, 1.165) is 50.0 Å². The van der Waals surface area contributed by atoms with Gasteiger partial charge in [0.15, 0.2) is 11.5 Å². The first-order chi connectivity index (χ1) is 16.3. The number of nitrogens with zero attached hydrogens (tertiary/aromatic N) is 1. The van der Waals surface area contributed by atoms with Crippen LogP contribution in [0.2, 0.25) is 0 Å². The number of amides is 1. The van der Waals surface area contributed by atoms with E-state index < -0.39 is 11.8 Å². The molecule has 1 amide bonds. The van der Waals surface area contributed by atoms with Crippen molar-refractivity contribution in [1.82, 2.24) is 10.2 Å². The van der Waals surface area contributed by atoms with Gasteiger partial charge in [0.1, 0.15) is 0 Å². The van der Waals surface area contributed by atoms with Crippen LogP contribution >= 0.6 is 0 Å². The number of alkyl halides is 2. The molecule has 1 aliphatic heterocycles. The van der Waals surface area contributed by atoms with E-state index in [-0.39, 0.29) is 30.9 Å². The molecule has 0 bridgehead atoms. The van der Waals surface area contributed by atoms with Gasteiger partial charge < -0.3 is 14.8 Å². The lowest BCUT2D eigenvalue weighted by atomic mass is 9.97. The molecule has 2 saturated carbocycles. The van der Waals surface area contributed by atoms with Gasteiger partial charge in [-0.2, -0.15) is 0 Å². The van der Waals surface area contributed by atoms with Crippen molar-refractivity contribution < 1.29 is 23.0 Å². The number of carbonyl (C=O) groups excluding carboxylic acids is 1. The SMILES string of the molecule is COc1c(OCC2CC2(F)F)ccc2c1CCN(Cc1ccc([C@H](C)NC(=O)C3CC3)cc1)C2. The minimum absolute atomic E-state index is 0.0130. The Bertz CT molecular complexity index is 1050. The van der Waals surface area contributed by atoms with Gasteiger partial charge in [-0.1, -0.05) is 30.3 Å². The van der Waals surface area contributed by atoms with E-state index >= 15 is 0 Å². The molecule has 0 saturated heterocycles. The van der Waals surface area contributed by atoms with Crippen molar-refractivity contribution in [1.29, 1.82) is 0 Å². The van der Waals surface area contributed by atoms with Crippen LogP contribution in [0.3, 0.4) is 0 Å². The third-order valence-corrected chi connectivity index (χ3v) is 7.19. The maximum absolute atomic E-state index is 13.2. The van der Waals surface area contributed by atoms with E-state index in [1.165, 1.54) is 11.1 Å². The number of carbonyl (C=O) groups is 1. The molecule has 34 heavy (non-hydrogen) atoms. The number of nitrogens with one attached hydrogen (secondary N) is 1. The van der Waals surface area contributed by atoms with Crippen LogP contribution in [0.1, 0.15) is 54.5 Å². The summed E-state index contributed by atoms with van der Waals surface area (Å²) in [7, 11) is 1.61. The predicted molar refractivity (Wildman–Crippen MR) is 125 cm³/mol. The van der Waals surface area contributed by atoms with Crippen molar-refractivity contribution in [3.63, 3.8) is 0 Å². The Balaban J connectivity index is 1.18. The van der Waals surface area contributed by atoms with Crippen molar-refractivity contribution in [2.45, 2.75) is 57.7 Å². The highest BCUT2D eigenvalue weighted by Gasteiger charge is 2.57. The number of ether oxygens (including phenoxy) is 2. The average molecular weight is 471 g/mol. The van der Waals surface area contributed by atoms with Crippen LogP contribution in [0.4, 0.5) is 8.78 Å². The predicted octanol–water partition coefficient (Wildman–Crippen LogP) is 4.87. The summed E-state index contributed by atoms with van der Waals surface area (Å²) >= 11 is 0. The molecule has 5 rings (SSSR count). The highest BCUT2D eigenvalue weighted by molar-refractivity contribution is 5.81. The van der Waals surface area contributed by atoms with Gasteiger partial charge in [0.2, 0.25) is 5.91 Å². The molecular weight excluding hydrogens is 438 g/mol. The molecule has 2 aromatic rings. The van der Waals surface area contributed by atoms with Crippen LogP contribution in [-0.2, 0) is 24.3 Å². The maximum Gasteiger partial charge on any atom is 0.255 e. The molecule has 0 spiro atoms. The fraction of sp³-hybridized carbons (Fsp3) is 0.519. The molecule has 1 N–H and O–H groups in total. The summed E-state index contributed by atoms with van der Waals surface area (Å²) in [5, 5.41) is 3.10. The molecule has 0 aromatic heterocycles. The van der Waals surface area contributed by atoms with Gasteiger partial charge in [0.05, 0.1) is 25.7 Å². The third-order valence-electron chi connectivity index (χ3n) is 7.19. The molecular formula is C27H32F2N2O3. The van der Waals surface area contributed by atoms with Crippen molar-refractivity contribution in [2.75, 3.05) is 20.3 Å². The molecule has 0 radical (unpaired) electrons. The second kappa shape index (κ2) is 9.17. The second-order valence-corrected chi connectivity index (χ2v) is 9.91. The molecule has 1 heterocycles. The molecule has 3 aliphatic rings. The zero-order valence-electron chi connectivity index (χ0n) is 19.8. The van der Waals surface area contributed by atoms with E-state index in [4.69, 9.17) is 9.47 Å². The summed E-state index contributed by atoms with van der Waals surface area (Å²) in [6.07, 6.45) is 2.74. The smallest absolute Gasteiger partial charge is 0.255 e. The van der Waals surface area contributed by atoms with Crippen molar-refractivity contribution in [2.24, 2.45) is 11.8 Å². The number of methoxy groups -OCH3 is 1. The topological polar surface area (TPSA) is 50.8 Å². The van der Waals surface area contributed by atoms with Crippen molar-refractivity contribution in [3.05, 3.63) is 58.7 Å². The minimum atomic E-state index is -2.58. The maximum atomic E-state index is 13.2. The van der Waals surface area contributed by atoms with Crippen LogP contribution in [-0.4, -0.2) is 37.0 Å². The van der Waals surface area contributed by atoms with Gasteiger partial charge in [-0.05, 0) is 48.9 Å². The number of hydrogen-bond donors (Lipinski definition) is 1. The van der Waals surface area contributed by atoms with Crippen LogP contribution in [0.25, 0.3) is 0 Å². The van der Waals surface area contributed by atoms with Gasteiger partial charge in [0, 0.05) is 37.5 Å². The summed E-state index contributed by atoms with van der Waals surface area (Å²) < 4.78 is 37.7. The molecule has 2 atom stereocenters. The van der Waals surface area contributed by atoms with E-state index in [2.05, 4.69) is 34.5 Å². The Labute approximate surface area is 199 Å². The van der Waals surface area contributed by atoms with Crippen LogP contribution in [0.5, 0.6) is 11.5 Å². The summed E-state index contributed by atoms with van der Waals surface area (Å²) in [4.78, 5) is 14.4. The number of fused-ring (bicyclic) bond motifs is 1. The van der Waals surface area contributed by atoms with Crippen LogP contribution in [0, 0.1) is 11.8 Å². The molecule has 5 nitrogen and oxygen atoms in total. The fourth-order valence-electron chi connectivity index (χ4n) is 4.70. The first-order valence-corrected chi connectivity index (χ1v) is 12.1. The van der Waals surface area contributed by atoms with Gasteiger partial charge in [0.25, 0.3) is 5.92 Å². The van der Waals surface area contributed by atoms with E-state index in [9.17, 15) is 13.6 Å². The average Bonchev–Trinajstić information content (AvgIpc) is 3.75. The van der Waals surface area contributed by atoms with Gasteiger partial charge in [-0.15, -0.1) is 0 Å². The van der Waals surface area contributed by atoms with Crippen molar-refractivity contribution in [3.8, 4) is 11.5 Å². The summed E-state index contributed by atoms with van der Waals surface area (Å²) in [5.74, 6) is -1.66. The molecule has 2 aliphatic carbocycles. The minimum Gasteiger partial charge on any atom is -0.493 e. The number of benzene rings is 2. The first kappa shape index (κ1) is 23.1. The van der Waals surface area contributed by atoms with Gasteiger partial charge in [-0.3, -0.25) is 9.69 Å². The molecule has 182 valence electrons. The highest BCUT2D eigenvalue weighted by Crippen LogP contribution is 2.49.